The van der Waals surface area contributed by atoms with Crippen molar-refractivity contribution in [3.8, 4) is 5.75 Å². The lowest BCUT2D eigenvalue weighted by atomic mass is 10.0. The first-order valence-electron chi connectivity index (χ1n) is 11.3. The number of nitrogens with two attached hydrogens (primary N) is 2. The van der Waals surface area contributed by atoms with E-state index in [2.05, 4.69) is 16.0 Å². The molecule has 9 N–H and O–H groups in total. The fourth-order valence-electron chi connectivity index (χ4n) is 3.17. The van der Waals surface area contributed by atoms with E-state index in [0.717, 1.165) is 0 Å². The van der Waals surface area contributed by atoms with E-state index in [1.54, 1.807) is 12.1 Å². The summed E-state index contributed by atoms with van der Waals surface area (Å²) in [5.74, 6) is -4.04. The fourth-order valence-corrected chi connectivity index (χ4v) is 3.17. The molecule has 0 aromatic heterocycles. The second-order valence-electron chi connectivity index (χ2n) is 8.82. The van der Waals surface area contributed by atoms with Gasteiger partial charge in [-0.05, 0) is 43.4 Å². The van der Waals surface area contributed by atoms with Gasteiger partial charge in [0.05, 0.1) is 6.04 Å². The number of carbonyl (C=O) groups is 5. The number of carboxylic acids is 1. The summed E-state index contributed by atoms with van der Waals surface area (Å²) in [4.78, 5) is 60.8. The second-order valence-corrected chi connectivity index (χ2v) is 8.82. The Labute approximate surface area is 203 Å². The van der Waals surface area contributed by atoms with Crippen LogP contribution in [0.1, 0.15) is 45.6 Å². The largest absolute Gasteiger partial charge is 0.508 e. The van der Waals surface area contributed by atoms with Crippen LogP contribution in [0.4, 0.5) is 0 Å². The molecule has 1 aromatic rings. The van der Waals surface area contributed by atoms with Crippen molar-refractivity contribution in [3.63, 3.8) is 0 Å². The van der Waals surface area contributed by atoms with Crippen molar-refractivity contribution in [2.24, 2.45) is 17.4 Å². The number of carbonyl (C=O) groups excluding carboxylic acids is 4. The first-order valence-corrected chi connectivity index (χ1v) is 11.3. The lowest BCUT2D eigenvalue weighted by molar-refractivity contribution is -0.142. The summed E-state index contributed by atoms with van der Waals surface area (Å²) in [6.45, 7) is 5.18. The normalized spacial score (nSPS) is 14.3. The smallest absolute Gasteiger partial charge is 0.326 e. The number of aliphatic carboxylic acids is 1. The highest BCUT2D eigenvalue weighted by Gasteiger charge is 2.30. The molecule has 0 aliphatic carbocycles. The average molecular weight is 494 g/mol. The Morgan fingerprint density at radius 2 is 1.37 bits per heavy atom. The number of nitrogens with one attached hydrogen (secondary N) is 3. The Morgan fingerprint density at radius 1 is 0.857 bits per heavy atom. The number of aromatic hydroxyl groups is 1. The van der Waals surface area contributed by atoms with Crippen molar-refractivity contribution in [1.29, 1.82) is 0 Å². The number of phenols is 1. The Kier molecular flexibility index (Phi) is 11.7. The van der Waals surface area contributed by atoms with E-state index in [-0.39, 0.29) is 37.4 Å². The number of primary amides is 1. The highest BCUT2D eigenvalue weighted by Crippen LogP contribution is 2.13. The highest BCUT2D eigenvalue weighted by atomic mass is 16.4. The second kappa shape index (κ2) is 13.9. The van der Waals surface area contributed by atoms with Crippen LogP contribution < -0.4 is 27.4 Å². The lowest BCUT2D eigenvalue weighted by Gasteiger charge is -2.26. The van der Waals surface area contributed by atoms with Crippen molar-refractivity contribution in [3.05, 3.63) is 29.8 Å². The van der Waals surface area contributed by atoms with Gasteiger partial charge in [-0.3, -0.25) is 19.2 Å². The molecule has 0 fully saturated rings. The summed E-state index contributed by atoms with van der Waals surface area (Å²) in [6, 6.07) is 1.46. The van der Waals surface area contributed by atoms with Gasteiger partial charge < -0.3 is 37.6 Å². The first kappa shape index (κ1) is 29.4. The van der Waals surface area contributed by atoms with Crippen LogP contribution in [0, 0.1) is 5.92 Å². The van der Waals surface area contributed by atoms with Crippen molar-refractivity contribution in [1.82, 2.24) is 16.0 Å². The van der Waals surface area contributed by atoms with Crippen LogP contribution in [0.25, 0.3) is 0 Å². The Balaban J connectivity index is 3.14. The van der Waals surface area contributed by atoms with Gasteiger partial charge >= 0.3 is 5.97 Å². The minimum absolute atomic E-state index is 0.00629. The molecule has 0 bridgehead atoms. The maximum atomic E-state index is 13.1. The van der Waals surface area contributed by atoms with Gasteiger partial charge in [-0.25, -0.2) is 4.79 Å². The molecule has 0 aliphatic heterocycles. The van der Waals surface area contributed by atoms with Gasteiger partial charge in [0.15, 0.2) is 0 Å². The number of benzene rings is 1. The van der Waals surface area contributed by atoms with Crippen LogP contribution in [-0.2, 0) is 30.4 Å². The number of carboxylic acid groups (broad SMARTS) is 1. The van der Waals surface area contributed by atoms with E-state index in [0.29, 0.717) is 5.56 Å². The molecule has 0 saturated carbocycles. The van der Waals surface area contributed by atoms with E-state index >= 15 is 0 Å². The summed E-state index contributed by atoms with van der Waals surface area (Å²) in [7, 11) is 0. The van der Waals surface area contributed by atoms with Gasteiger partial charge in [0.1, 0.15) is 23.9 Å². The third-order valence-corrected chi connectivity index (χ3v) is 5.06. The highest BCUT2D eigenvalue weighted by molar-refractivity contribution is 5.94. The summed E-state index contributed by atoms with van der Waals surface area (Å²) in [5.41, 5.74) is 11.3. The topological polar surface area (TPSA) is 214 Å². The van der Waals surface area contributed by atoms with Crippen LogP contribution >= 0.6 is 0 Å². The Hall–Kier alpha value is -3.67. The predicted molar refractivity (Wildman–Crippen MR) is 127 cm³/mol. The SMILES string of the molecule is CC(C)CC(NC(=O)C(C)N)C(=O)NC(Cc1ccc(O)cc1)C(=O)NC(CCC(N)=O)C(=O)O. The monoisotopic (exact) mass is 493 g/mol. The van der Waals surface area contributed by atoms with Crippen molar-refractivity contribution < 1.29 is 34.2 Å². The van der Waals surface area contributed by atoms with Crippen molar-refractivity contribution >= 4 is 29.6 Å². The summed E-state index contributed by atoms with van der Waals surface area (Å²) in [5, 5.41) is 26.4. The molecule has 0 aliphatic rings. The molecule has 0 radical (unpaired) electrons. The van der Waals surface area contributed by atoms with Crippen LogP contribution in [0.15, 0.2) is 24.3 Å². The quantitative estimate of drug-likeness (QED) is 0.172. The van der Waals surface area contributed by atoms with Gasteiger partial charge in [-0.2, -0.15) is 0 Å². The molecular weight excluding hydrogens is 458 g/mol. The first-order chi connectivity index (χ1) is 16.3. The molecule has 12 heteroatoms. The molecule has 12 nitrogen and oxygen atoms in total. The number of hydrogen-bond donors (Lipinski definition) is 7. The molecule has 1 rings (SSSR count). The van der Waals surface area contributed by atoms with E-state index in [1.165, 1.54) is 19.1 Å². The minimum Gasteiger partial charge on any atom is -0.508 e. The van der Waals surface area contributed by atoms with Crippen LogP contribution in [0.2, 0.25) is 0 Å². The number of phenolic OH excluding ortho intramolecular Hbond substituents is 1. The van der Waals surface area contributed by atoms with E-state index in [4.69, 9.17) is 11.5 Å². The van der Waals surface area contributed by atoms with E-state index in [1.807, 2.05) is 13.8 Å². The molecule has 0 heterocycles. The number of amides is 4. The van der Waals surface area contributed by atoms with E-state index in [9.17, 15) is 34.2 Å². The van der Waals surface area contributed by atoms with Gasteiger partial charge in [0.2, 0.25) is 23.6 Å². The molecule has 4 amide bonds. The number of rotatable bonds is 14. The maximum Gasteiger partial charge on any atom is 0.326 e. The van der Waals surface area contributed by atoms with Crippen LogP contribution in [-0.4, -0.2) is 64.0 Å². The summed E-state index contributed by atoms with van der Waals surface area (Å²) < 4.78 is 0. The van der Waals surface area contributed by atoms with Gasteiger partial charge in [0.25, 0.3) is 0 Å². The van der Waals surface area contributed by atoms with Crippen LogP contribution in [0.5, 0.6) is 5.75 Å². The molecule has 4 atom stereocenters. The van der Waals surface area contributed by atoms with Crippen molar-refractivity contribution in [2.45, 2.75) is 70.6 Å². The lowest BCUT2D eigenvalue weighted by Crippen LogP contribution is -2.57. The van der Waals surface area contributed by atoms with Crippen molar-refractivity contribution in [2.75, 3.05) is 0 Å². The average Bonchev–Trinajstić information content (AvgIpc) is 2.76. The zero-order valence-electron chi connectivity index (χ0n) is 20.1. The molecule has 35 heavy (non-hydrogen) atoms. The Morgan fingerprint density at radius 3 is 1.86 bits per heavy atom. The molecule has 0 spiro atoms. The molecule has 0 saturated heterocycles. The standard InChI is InChI=1S/C23H35N5O7/c1-12(2)10-17(27-20(31)13(3)24)21(32)28-18(11-14-4-6-15(29)7-5-14)22(33)26-16(23(34)35)8-9-19(25)30/h4-7,12-13,16-18,29H,8-11,24H2,1-3H3,(H2,25,30)(H,26,33)(H,27,31)(H,28,32)(H,34,35). The maximum absolute atomic E-state index is 13.1. The molecular formula is C23H35N5O7. The minimum atomic E-state index is -1.40. The zero-order chi connectivity index (χ0) is 26.7. The zero-order valence-corrected chi connectivity index (χ0v) is 20.1. The number of hydrogen-bond acceptors (Lipinski definition) is 7. The van der Waals surface area contributed by atoms with Crippen LogP contribution in [0.3, 0.4) is 0 Å². The Bertz CT molecular complexity index is 902. The van der Waals surface area contributed by atoms with Gasteiger partial charge in [-0.1, -0.05) is 26.0 Å². The molecule has 4 unspecified atom stereocenters. The third kappa shape index (κ3) is 10.9. The predicted octanol–water partition coefficient (Wildman–Crippen LogP) is -0.867. The van der Waals surface area contributed by atoms with Gasteiger partial charge in [0, 0.05) is 12.8 Å². The molecule has 194 valence electrons. The summed E-state index contributed by atoms with van der Waals surface area (Å²) >= 11 is 0. The molecule has 1 aromatic carbocycles. The fraction of sp³-hybridized carbons (Fsp3) is 0.522. The van der Waals surface area contributed by atoms with Gasteiger partial charge in [-0.15, -0.1) is 0 Å². The van der Waals surface area contributed by atoms with E-state index < -0.39 is 53.8 Å². The third-order valence-electron chi connectivity index (χ3n) is 5.06. The summed E-state index contributed by atoms with van der Waals surface area (Å²) in [6.07, 6.45) is -0.243.